The highest BCUT2D eigenvalue weighted by atomic mass is 16.2. The molecule has 1 aromatic rings. The van der Waals surface area contributed by atoms with Gasteiger partial charge in [-0.15, -0.1) is 0 Å². The Morgan fingerprint density at radius 2 is 2.35 bits per heavy atom. The van der Waals surface area contributed by atoms with Crippen LogP contribution in [0.4, 0.5) is 5.82 Å². The summed E-state index contributed by atoms with van der Waals surface area (Å²) in [5.41, 5.74) is 11.6. The van der Waals surface area contributed by atoms with Crippen LogP contribution < -0.4 is 16.4 Å². The number of aromatic nitrogens is 1. The van der Waals surface area contributed by atoms with Gasteiger partial charge in [0.05, 0.1) is 5.92 Å². The fourth-order valence-electron chi connectivity index (χ4n) is 1.85. The normalized spacial score (nSPS) is 19.7. The number of hydrogen-bond donors (Lipinski definition) is 2. The third-order valence-electron chi connectivity index (χ3n) is 2.85. The fourth-order valence-corrected chi connectivity index (χ4v) is 1.85. The van der Waals surface area contributed by atoms with Crippen molar-refractivity contribution in [3.8, 4) is 0 Å². The molecule has 90 valence electrons. The Bertz CT molecular complexity index is 461. The van der Waals surface area contributed by atoms with Crippen molar-refractivity contribution >= 4 is 17.6 Å². The summed E-state index contributed by atoms with van der Waals surface area (Å²) in [6, 6.07) is 3.54. The van der Waals surface area contributed by atoms with Crippen LogP contribution in [0.1, 0.15) is 12.0 Å². The number of hydrogen-bond acceptors (Lipinski definition) is 4. The van der Waals surface area contributed by atoms with Gasteiger partial charge in [-0.3, -0.25) is 14.5 Å². The summed E-state index contributed by atoms with van der Waals surface area (Å²) >= 11 is 0. The highest BCUT2D eigenvalue weighted by Crippen LogP contribution is 2.23. The molecule has 0 radical (unpaired) electrons. The number of pyridine rings is 1. The molecule has 1 fully saturated rings. The molecule has 1 aromatic heterocycles. The van der Waals surface area contributed by atoms with E-state index in [0.29, 0.717) is 18.9 Å². The van der Waals surface area contributed by atoms with E-state index in [1.807, 2.05) is 0 Å². The standard InChI is InChI=1S/C11H14N4O2/c12-5-7-1-2-14-9(3-7)15-6-8(11(13)17)4-10(15)16/h1-3,8H,4-6,12H2,(H2,13,17). The number of nitrogens with two attached hydrogens (primary N) is 2. The van der Waals surface area contributed by atoms with Gasteiger partial charge in [0.2, 0.25) is 11.8 Å². The summed E-state index contributed by atoms with van der Waals surface area (Å²) in [4.78, 5) is 28.4. The quantitative estimate of drug-likeness (QED) is 0.727. The predicted molar refractivity (Wildman–Crippen MR) is 61.8 cm³/mol. The molecule has 0 bridgehead atoms. The summed E-state index contributed by atoms with van der Waals surface area (Å²) in [5, 5.41) is 0. The third kappa shape index (κ3) is 2.26. The van der Waals surface area contributed by atoms with Crippen LogP contribution in [0.3, 0.4) is 0 Å². The van der Waals surface area contributed by atoms with Crippen LogP contribution in [0.25, 0.3) is 0 Å². The molecule has 6 heteroatoms. The molecule has 1 aliphatic heterocycles. The Morgan fingerprint density at radius 1 is 1.59 bits per heavy atom. The van der Waals surface area contributed by atoms with Crippen LogP contribution in [-0.4, -0.2) is 23.3 Å². The number of primary amides is 1. The van der Waals surface area contributed by atoms with Gasteiger partial charge in [-0.2, -0.15) is 0 Å². The van der Waals surface area contributed by atoms with E-state index in [0.717, 1.165) is 5.56 Å². The molecule has 17 heavy (non-hydrogen) atoms. The third-order valence-corrected chi connectivity index (χ3v) is 2.85. The van der Waals surface area contributed by atoms with Gasteiger partial charge >= 0.3 is 0 Å². The molecule has 2 heterocycles. The molecule has 1 saturated heterocycles. The molecule has 1 atom stereocenters. The summed E-state index contributed by atoms with van der Waals surface area (Å²) in [5.74, 6) is -0.473. The maximum Gasteiger partial charge on any atom is 0.229 e. The smallest absolute Gasteiger partial charge is 0.229 e. The van der Waals surface area contributed by atoms with Gasteiger partial charge in [0.15, 0.2) is 0 Å². The van der Waals surface area contributed by atoms with Gasteiger partial charge in [-0.25, -0.2) is 4.98 Å². The maximum absolute atomic E-state index is 11.7. The summed E-state index contributed by atoms with van der Waals surface area (Å²) in [6.07, 6.45) is 1.76. The topological polar surface area (TPSA) is 102 Å². The largest absolute Gasteiger partial charge is 0.369 e. The van der Waals surface area contributed by atoms with Gasteiger partial charge in [0.25, 0.3) is 0 Å². The van der Waals surface area contributed by atoms with Crippen LogP contribution >= 0.6 is 0 Å². The van der Waals surface area contributed by atoms with Crippen molar-refractivity contribution in [2.24, 2.45) is 17.4 Å². The van der Waals surface area contributed by atoms with Crippen LogP contribution in [-0.2, 0) is 16.1 Å². The van der Waals surface area contributed by atoms with E-state index in [9.17, 15) is 9.59 Å². The number of carbonyl (C=O) groups is 2. The lowest BCUT2D eigenvalue weighted by molar-refractivity contribution is -0.123. The molecule has 4 N–H and O–H groups in total. The van der Waals surface area contributed by atoms with E-state index in [1.54, 1.807) is 18.3 Å². The van der Waals surface area contributed by atoms with E-state index < -0.39 is 11.8 Å². The Kier molecular flexibility index (Phi) is 3.06. The minimum absolute atomic E-state index is 0.129. The van der Waals surface area contributed by atoms with Crippen LogP contribution in [0, 0.1) is 5.92 Å². The summed E-state index contributed by atoms with van der Waals surface area (Å²) in [6.45, 7) is 0.686. The van der Waals surface area contributed by atoms with E-state index in [4.69, 9.17) is 11.5 Å². The lowest BCUT2D eigenvalue weighted by Crippen LogP contribution is -2.29. The molecule has 1 aliphatic rings. The minimum Gasteiger partial charge on any atom is -0.369 e. The highest BCUT2D eigenvalue weighted by Gasteiger charge is 2.34. The number of amides is 2. The van der Waals surface area contributed by atoms with Crippen molar-refractivity contribution in [2.75, 3.05) is 11.4 Å². The SMILES string of the molecule is NCc1ccnc(N2CC(C(N)=O)CC2=O)c1. The molecule has 0 aromatic carbocycles. The Labute approximate surface area is 98.6 Å². The van der Waals surface area contributed by atoms with Gasteiger partial charge in [0, 0.05) is 25.7 Å². The lowest BCUT2D eigenvalue weighted by atomic mass is 10.1. The number of rotatable bonds is 3. The lowest BCUT2D eigenvalue weighted by Gasteiger charge is -2.15. The van der Waals surface area contributed by atoms with Crippen LogP contribution in [0.5, 0.6) is 0 Å². The molecule has 0 aliphatic carbocycles. The zero-order chi connectivity index (χ0) is 12.4. The average Bonchev–Trinajstić information content (AvgIpc) is 2.72. The number of anilines is 1. The van der Waals surface area contributed by atoms with E-state index in [-0.39, 0.29) is 12.3 Å². The molecule has 0 saturated carbocycles. The first-order valence-electron chi connectivity index (χ1n) is 5.36. The Hall–Kier alpha value is -1.95. The molecular weight excluding hydrogens is 220 g/mol. The fraction of sp³-hybridized carbons (Fsp3) is 0.364. The second-order valence-electron chi connectivity index (χ2n) is 4.03. The first-order valence-corrected chi connectivity index (χ1v) is 5.36. The predicted octanol–water partition coefficient (Wildman–Crippen LogP) is -0.622. The van der Waals surface area contributed by atoms with Crippen molar-refractivity contribution in [2.45, 2.75) is 13.0 Å². The van der Waals surface area contributed by atoms with E-state index in [1.165, 1.54) is 4.90 Å². The van der Waals surface area contributed by atoms with Gasteiger partial charge < -0.3 is 11.5 Å². The maximum atomic E-state index is 11.7. The van der Waals surface area contributed by atoms with Crippen molar-refractivity contribution < 1.29 is 9.59 Å². The monoisotopic (exact) mass is 234 g/mol. The highest BCUT2D eigenvalue weighted by molar-refractivity contribution is 5.99. The van der Waals surface area contributed by atoms with Gasteiger partial charge in [-0.1, -0.05) is 0 Å². The van der Waals surface area contributed by atoms with Crippen molar-refractivity contribution in [3.63, 3.8) is 0 Å². The minimum atomic E-state index is -0.448. The van der Waals surface area contributed by atoms with Crippen molar-refractivity contribution in [1.29, 1.82) is 0 Å². The van der Waals surface area contributed by atoms with Crippen LogP contribution in [0.2, 0.25) is 0 Å². The zero-order valence-corrected chi connectivity index (χ0v) is 9.30. The van der Waals surface area contributed by atoms with E-state index >= 15 is 0 Å². The first kappa shape index (κ1) is 11.5. The second-order valence-corrected chi connectivity index (χ2v) is 4.03. The Balaban J connectivity index is 2.22. The first-order chi connectivity index (χ1) is 8.11. The molecule has 1 unspecified atom stereocenters. The van der Waals surface area contributed by atoms with Gasteiger partial charge in [-0.05, 0) is 17.7 Å². The van der Waals surface area contributed by atoms with Gasteiger partial charge in [0.1, 0.15) is 5.82 Å². The zero-order valence-electron chi connectivity index (χ0n) is 9.30. The number of carbonyl (C=O) groups excluding carboxylic acids is 2. The number of nitrogens with zero attached hydrogens (tertiary/aromatic N) is 2. The molecule has 2 rings (SSSR count). The molecule has 2 amide bonds. The van der Waals surface area contributed by atoms with E-state index in [2.05, 4.69) is 4.98 Å². The molecular formula is C11H14N4O2. The Morgan fingerprint density at radius 3 is 2.94 bits per heavy atom. The second kappa shape index (κ2) is 4.50. The van der Waals surface area contributed by atoms with Crippen molar-refractivity contribution in [1.82, 2.24) is 4.98 Å². The molecule has 6 nitrogen and oxygen atoms in total. The molecule has 0 spiro atoms. The van der Waals surface area contributed by atoms with Crippen LogP contribution in [0.15, 0.2) is 18.3 Å². The summed E-state index contributed by atoms with van der Waals surface area (Å²) in [7, 11) is 0. The summed E-state index contributed by atoms with van der Waals surface area (Å²) < 4.78 is 0. The average molecular weight is 234 g/mol. The van der Waals surface area contributed by atoms with Crippen molar-refractivity contribution in [3.05, 3.63) is 23.9 Å².